The molecule has 2 fully saturated rings. The highest BCUT2D eigenvalue weighted by atomic mass is 16.5. The van der Waals surface area contributed by atoms with E-state index in [0.29, 0.717) is 56.9 Å². The second-order valence-electron chi connectivity index (χ2n) is 12.7. The second-order valence-corrected chi connectivity index (χ2v) is 12.7. The van der Waals surface area contributed by atoms with Crippen LogP contribution in [0.5, 0.6) is 5.75 Å². The molecule has 1 N–H and O–H groups in total. The number of aryl methyl sites for hydroxylation is 2. The Morgan fingerprint density at radius 3 is 2.36 bits per heavy atom. The van der Waals surface area contributed by atoms with Gasteiger partial charge >= 0.3 is 0 Å². The third-order valence-electron chi connectivity index (χ3n) is 9.73. The molecule has 1 unspecified atom stereocenters. The van der Waals surface area contributed by atoms with E-state index in [1.54, 1.807) is 14.7 Å². The van der Waals surface area contributed by atoms with Crippen molar-refractivity contribution in [2.75, 3.05) is 42.6 Å². The van der Waals surface area contributed by atoms with Crippen molar-refractivity contribution in [2.24, 2.45) is 11.8 Å². The molecule has 45 heavy (non-hydrogen) atoms. The van der Waals surface area contributed by atoms with Crippen LogP contribution in [-0.2, 0) is 19.1 Å². The summed E-state index contributed by atoms with van der Waals surface area (Å²) in [5.41, 5.74) is 1.08. The summed E-state index contributed by atoms with van der Waals surface area (Å²) in [5.74, 6) is -1.68. The van der Waals surface area contributed by atoms with Crippen molar-refractivity contribution in [1.82, 2.24) is 4.90 Å². The predicted molar refractivity (Wildman–Crippen MR) is 172 cm³/mol. The van der Waals surface area contributed by atoms with Crippen LogP contribution in [0.4, 0.5) is 11.4 Å². The lowest BCUT2D eigenvalue weighted by atomic mass is 9.74. The molecule has 4 aliphatic heterocycles. The van der Waals surface area contributed by atoms with E-state index >= 15 is 0 Å². The first-order chi connectivity index (χ1) is 21.6. The first-order valence-electron chi connectivity index (χ1n) is 16.0. The molecular weight excluding hydrogens is 570 g/mol. The number of anilines is 2. The fraction of sp³-hybridized carbons (Fsp3) is 0.472. The molecule has 2 saturated heterocycles. The maximum Gasteiger partial charge on any atom is 0.253 e. The topological polar surface area (TPSA) is 99.6 Å². The van der Waals surface area contributed by atoms with Gasteiger partial charge in [-0.15, -0.1) is 0 Å². The number of amides is 3. The molecule has 1 spiro atoms. The van der Waals surface area contributed by atoms with Crippen molar-refractivity contribution < 1.29 is 29.0 Å². The molecule has 9 heteroatoms. The van der Waals surface area contributed by atoms with Crippen LogP contribution in [0.15, 0.2) is 66.8 Å². The van der Waals surface area contributed by atoms with E-state index in [-0.39, 0.29) is 24.3 Å². The van der Waals surface area contributed by atoms with Gasteiger partial charge in [0.15, 0.2) is 0 Å². The van der Waals surface area contributed by atoms with Gasteiger partial charge < -0.3 is 29.3 Å². The van der Waals surface area contributed by atoms with Crippen LogP contribution >= 0.6 is 0 Å². The van der Waals surface area contributed by atoms with Gasteiger partial charge in [-0.05, 0) is 88.4 Å². The lowest BCUT2D eigenvalue weighted by molar-refractivity contribution is -0.144. The summed E-state index contributed by atoms with van der Waals surface area (Å²) in [6.07, 6.45) is 9.58. The zero-order chi connectivity index (χ0) is 31.9. The maximum absolute atomic E-state index is 14.8. The number of aliphatic hydroxyl groups is 1. The fourth-order valence-corrected chi connectivity index (χ4v) is 7.68. The van der Waals surface area contributed by atoms with Gasteiger partial charge in [-0.2, -0.15) is 0 Å². The number of aliphatic hydroxyl groups excluding tert-OH is 1. The number of benzene rings is 2. The molecule has 0 aromatic heterocycles. The first kappa shape index (κ1) is 31.0. The number of unbranched alkanes of at least 4 members (excludes halogenated alkanes) is 2. The number of hydrogen-bond acceptors (Lipinski definition) is 6. The summed E-state index contributed by atoms with van der Waals surface area (Å²) in [5, 5.41) is 9.36. The van der Waals surface area contributed by atoms with Crippen molar-refractivity contribution in [1.29, 1.82) is 0 Å². The standard InChI is InChI=1S/C36H43N3O6/c1-5-44-27-15-13-26(14-16-27)37-20-9-17-35(4)29(32(37)41)30-33(42)39(19-7-6-8-22-40)31-34(43)38(21-10-18-36(30,31)45-35)28-23-24(2)11-12-25(28)3/h9-18,23,29-31,40H,5-8,19-22H2,1-4H3/t29-,30+,31?,35+,36+/m1/s1. The lowest BCUT2D eigenvalue weighted by Crippen LogP contribution is -2.56. The SMILES string of the molecule is CCOc1ccc(N2CC=C[C@]3(C)O[C@]45C=CCN(c6cc(C)ccc6C)C(=O)C4N(CCCCCO)C(=O)[C@@H]5[C@@H]3C2=O)cc1. The Morgan fingerprint density at radius 1 is 0.889 bits per heavy atom. The molecule has 9 nitrogen and oxygen atoms in total. The van der Waals surface area contributed by atoms with E-state index in [0.717, 1.165) is 16.8 Å². The van der Waals surface area contributed by atoms with Gasteiger partial charge in [0.25, 0.3) is 5.91 Å². The Labute approximate surface area is 265 Å². The number of carbonyl (C=O) groups excluding carboxylic acids is 3. The van der Waals surface area contributed by atoms with Crippen LogP contribution in [0.2, 0.25) is 0 Å². The summed E-state index contributed by atoms with van der Waals surface area (Å²) in [6.45, 7) is 9.36. The molecule has 0 aliphatic carbocycles. The summed E-state index contributed by atoms with van der Waals surface area (Å²) in [7, 11) is 0. The Hall–Kier alpha value is -3.95. The molecule has 0 bridgehead atoms. The minimum Gasteiger partial charge on any atom is -0.494 e. The second kappa shape index (κ2) is 12.1. The van der Waals surface area contributed by atoms with Crippen LogP contribution in [0, 0.1) is 25.7 Å². The summed E-state index contributed by atoms with van der Waals surface area (Å²) in [6, 6.07) is 12.5. The number of fused-ring (bicyclic) bond motifs is 2. The Bertz CT molecular complexity index is 1540. The van der Waals surface area contributed by atoms with Crippen LogP contribution in [-0.4, -0.2) is 77.8 Å². The van der Waals surface area contributed by atoms with E-state index in [2.05, 4.69) is 0 Å². The molecule has 0 saturated carbocycles. The molecule has 2 aromatic rings. The number of likely N-dealkylation sites (tertiary alicyclic amines) is 1. The molecule has 5 atom stereocenters. The zero-order valence-electron chi connectivity index (χ0n) is 26.6. The molecule has 0 radical (unpaired) electrons. The highest BCUT2D eigenvalue weighted by Gasteiger charge is 2.74. The highest BCUT2D eigenvalue weighted by Crippen LogP contribution is 2.58. The van der Waals surface area contributed by atoms with Gasteiger partial charge in [0.1, 0.15) is 17.4 Å². The summed E-state index contributed by atoms with van der Waals surface area (Å²) >= 11 is 0. The Morgan fingerprint density at radius 2 is 1.62 bits per heavy atom. The van der Waals surface area contributed by atoms with E-state index in [4.69, 9.17) is 9.47 Å². The van der Waals surface area contributed by atoms with Crippen molar-refractivity contribution in [2.45, 2.75) is 64.2 Å². The summed E-state index contributed by atoms with van der Waals surface area (Å²) < 4.78 is 12.6. The zero-order valence-corrected chi connectivity index (χ0v) is 26.6. The molecule has 6 rings (SSSR count). The van der Waals surface area contributed by atoms with Crippen molar-refractivity contribution in [3.05, 3.63) is 77.9 Å². The van der Waals surface area contributed by atoms with E-state index in [9.17, 15) is 19.5 Å². The molecule has 4 heterocycles. The van der Waals surface area contributed by atoms with Crippen LogP contribution in [0.25, 0.3) is 0 Å². The van der Waals surface area contributed by atoms with E-state index in [1.807, 2.05) is 94.5 Å². The smallest absolute Gasteiger partial charge is 0.253 e. The minimum atomic E-state index is -1.32. The number of carbonyl (C=O) groups is 3. The van der Waals surface area contributed by atoms with Crippen LogP contribution in [0.1, 0.15) is 44.2 Å². The molecule has 2 aromatic carbocycles. The largest absolute Gasteiger partial charge is 0.494 e. The monoisotopic (exact) mass is 613 g/mol. The molecule has 3 amide bonds. The van der Waals surface area contributed by atoms with Crippen molar-refractivity contribution in [3.8, 4) is 5.75 Å². The van der Waals surface area contributed by atoms with E-state index in [1.165, 1.54) is 0 Å². The number of hydrogen-bond donors (Lipinski definition) is 1. The third-order valence-corrected chi connectivity index (χ3v) is 9.73. The average Bonchev–Trinajstić information content (AvgIpc) is 3.28. The fourth-order valence-electron chi connectivity index (χ4n) is 7.68. The van der Waals surface area contributed by atoms with Gasteiger partial charge in [-0.1, -0.05) is 36.4 Å². The molecule has 4 aliphatic rings. The van der Waals surface area contributed by atoms with Crippen molar-refractivity contribution >= 4 is 29.1 Å². The number of ether oxygens (including phenoxy) is 2. The number of nitrogens with zero attached hydrogens (tertiary/aromatic N) is 3. The Balaban J connectivity index is 1.42. The van der Waals surface area contributed by atoms with Gasteiger partial charge in [-0.3, -0.25) is 14.4 Å². The van der Waals surface area contributed by atoms with Gasteiger partial charge in [0.2, 0.25) is 11.8 Å². The normalized spacial score (nSPS) is 29.0. The van der Waals surface area contributed by atoms with Gasteiger partial charge in [0, 0.05) is 37.6 Å². The lowest BCUT2D eigenvalue weighted by Gasteiger charge is -2.37. The van der Waals surface area contributed by atoms with Gasteiger partial charge in [0.05, 0.1) is 24.0 Å². The summed E-state index contributed by atoms with van der Waals surface area (Å²) in [4.78, 5) is 49.1. The molecular formula is C36H43N3O6. The van der Waals surface area contributed by atoms with Crippen LogP contribution < -0.4 is 14.5 Å². The number of rotatable bonds is 9. The first-order valence-corrected chi connectivity index (χ1v) is 16.0. The van der Waals surface area contributed by atoms with Crippen LogP contribution in [0.3, 0.4) is 0 Å². The Kier molecular flexibility index (Phi) is 8.35. The molecule has 238 valence electrons. The van der Waals surface area contributed by atoms with Crippen molar-refractivity contribution in [3.63, 3.8) is 0 Å². The third kappa shape index (κ3) is 5.16. The average molecular weight is 614 g/mol. The van der Waals surface area contributed by atoms with Gasteiger partial charge in [-0.25, -0.2) is 0 Å². The minimum absolute atomic E-state index is 0.0672. The maximum atomic E-state index is 14.8. The van der Waals surface area contributed by atoms with E-state index < -0.39 is 29.1 Å². The highest BCUT2D eigenvalue weighted by molar-refractivity contribution is 6.07. The predicted octanol–water partition coefficient (Wildman–Crippen LogP) is 4.34. The quantitative estimate of drug-likeness (QED) is 0.334.